The van der Waals surface area contributed by atoms with E-state index in [4.69, 9.17) is 5.11 Å². The van der Waals surface area contributed by atoms with Gasteiger partial charge in [-0.25, -0.2) is 0 Å². The smallest absolute Gasteiger partial charge is 0.0466 e. The Balaban J connectivity index is 2.46. The molecule has 10 heavy (non-hydrogen) atoms. The van der Waals surface area contributed by atoms with Crippen LogP contribution in [0.3, 0.4) is 0 Å². The SMILES string of the molecule is CC(C)(C)[C@H](CO)C1CC1. The Hall–Kier alpha value is -0.0400. The second-order valence-electron chi connectivity index (χ2n) is 4.49. The number of aliphatic hydroxyl groups is 1. The van der Waals surface area contributed by atoms with Crippen molar-refractivity contribution >= 4 is 0 Å². The van der Waals surface area contributed by atoms with Crippen LogP contribution in [0, 0.1) is 17.3 Å². The molecule has 1 atom stereocenters. The zero-order valence-electron chi connectivity index (χ0n) is 7.22. The maximum absolute atomic E-state index is 9.07. The second-order valence-corrected chi connectivity index (χ2v) is 4.49. The molecule has 1 saturated carbocycles. The molecule has 0 bridgehead atoms. The molecule has 1 heteroatoms. The van der Waals surface area contributed by atoms with Crippen LogP contribution in [-0.4, -0.2) is 11.7 Å². The minimum absolute atomic E-state index is 0.302. The van der Waals surface area contributed by atoms with Gasteiger partial charge in [0.2, 0.25) is 0 Å². The lowest BCUT2D eigenvalue weighted by Gasteiger charge is -2.28. The number of hydrogen-bond donors (Lipinski definition) is 1. The Labute approximate surface area is 63.4 Å². The van der Waals surface area contributed by atoms with Crippen molar-refractivity contribution in [2.75, 3.05) is 6.61 Å². The minimum Gasteiger partial charge on any atom is -0.396 e. The van der Waals surface area contributed by atoms with Crippen LogP contribution in [0.4, 0.5) is 0 Å². The highest BCUT2D eigenvalue weighted by Gasteiger charge is 2.37. The van der Waals surface area contributed by atoms with E-state index >= 15 is 0 Å². The summed E-state index contributed by atoms with van der Waals surface area (Å²) in [6, 6.07) is 0. The summed E-state index contributed by atoms with van der Waals surface area (Å²) < 4.78 is 0. The van der Waals surface area contributed by atoms with Crippen LogP contribution in [0.5, 0.6) is 0 Å². The first-order valence-corrected chi connectivity index (χ1v) is 4.16. The topological polar surface area (TPSA) is 20.2 Å². The molecule has 60 valence electrons. The van der Waals surface area contributed by atoms with Crippen molar-refractivity contribution in [3.8, 4) is 0 Å². The van der Waals surface area contributed by atoms with Gasteiger partial charge in [0.15, 0.2) is 0 Å². The highest BCUT2D eigenvalue weighted by molar-refractivity contribution is 4.87. The lowest BCUT2D eigenvalue weighted by molar-refractivity contribution is 0.113. The molecule has 1 aliphatic rings. The number of rotatable bonds is 2. The number of hydrogen-bond acceptors (Lipinski definition) is 1. The molecule has 1 fully saturated rings. The molecule has 0 unspecified atom stereocenters. The van der Waals surface area contributed by atoms with Gasteiger partial charge in [0, 0.05) is 6.61 Å². The molecule has 0 saturated heterocycles. The van der Waals surface area contributed by atoms with Crippen LogP contribution in [0.15, 0.2) is 0 Å². The monoisotopic (exact) mass is 142 g/mol. The summed E-state index contributed by atoms with van der Waals surface area (Å²) in [6.07, 6.45) is 2.67. The van der Waals surface area contributed by atoms with Gasteiger partial charge in [-0.05, 0) is 30.1 Å². The molecule has 0 heterocycles. The second kappa shape index (κ2) is 2.54. The first-order chi connectivity index (χ1) is 4.55. The van der Waals surface area contributed by atoms with Gasteiger partial charge < -0.3 is 5.11 Å². The standard InChI is InChI=1S/C9H18O/c1-9(2,3)8(6-10)7-4-5-7/h7-8,10H,4-6H2,1-3H3/t8-/m1/s1. The normalized spacial score (nSPS) is 22.8. The van der Waals surface area contributed by atoms with Gasteiger partial charge in [-0.3, -0.25) is 0 Å². The van der Waals surface area contributed by atoms with Gasteiger partial charge in [0.25, 0.3) is 0 Å². The van der Waals surface area contributed by atoms with Crippen molar-refractivity contribution < 1.29 is 5.11 Å². The summed E-state index contributed by atoms with van der Waals surface area (Å²) in [7, 11) is 0. The van der Waals surface area contributed by atoms with E-state index in [1.807, 2.05) is 0 Å². The molecule has 0 spiro atoms. The van der Waals surface area contributed by atoms with Crippen molar-refractivity contribution in [1.82, 2.24) is 0 Å². The van der Waals surface area contributed by atoms with Gasteiger partial charge in [0.1, 0.15) is 0 Å². The average Bonchev–Trinajstić information content (AvgIpc) is 2.46. The van der Waals surface area contributed by atoms with E-state index in [-0.39, 0.29) is 0 Å². The van der Waals surface area contributed by atoms with Crippen LogP contribution < -0.4 is 0 Å². The molecule has 1 N–H and O–H groups in total. The number of aliphatic hydroxyl groups excluding tert-OH is 1. The summed E-state index contributed by atoms with van der Waals surface area (Å²) in [5.41, 5.74) is 0.302. The first kappa shape index (κ1) is 8.06. The van der Waals surface area contributed by atoms with Gasteiger partial charge in [-0.2, -0.15) is 0 Å². The van der Waals surface area contributed by atoms with Crippen LogP contribution in [0.2, 0.25) is 0 Å². The van der Waals surface area contributed by atoms with E-state index in [2.05, 4.69) is 20.8 Å². The Bertz CT molecular complexity index is 108. The summed E-state index contributed by atoms with van der Waals surface area (Å²) in [5, 5.41) is 9.07. The van der Waals surface area contributed by atoms with Gasteiger partial charge >= 0.3 is 0 Å². The first-order valence-electron chi connectivity index (χ1n) is 4.16. The van der Waals surface area contributed by atoms with Crippen molar-refractivity contribution in [3.63, 3.8) is 0 Å². The molecular formula is C9H18O. The molecule has 0 aromatic heterocycles. The quantitative estimate of drug-likeness (QED) is 0.625. The summed E-state index contributed by atoms with van der Waals surface area (Å²) in [6.45, 7) is 7.01. The Morgan fingerprint density at radius 1 is 1.40 bits per heavy atom. The predicted octanol–water partition coefficient (Wildman–Crippen LogP) is 2.05. The molecule has 0 amide bonds. The summed E-state index contributed by atoms with van der Waals surface area (Å²) in [4.78, 5) is 0. The van der Waals surface area contributed by atoms with E-state index in [0.717, 1.165) is 5.92 Å². The molecule has 1 aliphatic carbocycles. The molecule has 0 aromatic carbocycles. The molecule has 0 aliphatic heterocycles. The highest BCUT2D eigenvalue weighted by atomic mass is 16.3. The van der Waals surface area contributed by atoms with Gasteiger partial charge in [0.05, 0.1) is 0 Å². The van der Waals surface area contributed by atoms with E-state index in [0.29, 0.717) is 17.9 Å². The fourth-order valence-corrected chi connectivity index (χ4v) is 1.63. The van der Waals surface area contributed by atoms with E-state index in [1.54, 1.807) is 0 Å². The molecular weight excluding hydrogens is 124 g/mol. The zero-order valence-corrected chi connectivity index (χ0v) is 7.22. The third-order valence-electron chi connectivity index (χ3n) is 2.50. The Kier molecular flexibility index (Phi) is 2.04. The third-order valence-corrected chi connectivity index (χ3v) is 2.50. The predicted molar refractivity (Wildman–Crippen MR) is 42.8 cm³/mol. The third kappa shape index (κ3) is 1.72. The maximum Gasteiger partial charge on any atom is 0.0466 e. The van der Waals surface area contributed by atoms with Crippen LogP contribution in [-0.2, 0) is 0 Å². The highest BCUT2D eigenvalue weighted by Crippen LogP contribution is 2.44. The van der Waals surface area contributed by atoms with E-state index < -0.39 is 0 Å². The summed E-state index contributed by atoms with van der Waals surface area (Å²) >= 11 is 0. The lowest BCUT2D eigenvalue weighted by Crippen LogP contribution is -2.25. The van der Waals surface area contributed by atoms with Crippen molar-refractivity contribution in [2.45, 2.75) is 33.6 Å². The van der Waals surface area contributed by atoms with Gasteiger partial charge in [-0.1, -0.05) is 20.8 Å². The van der Waals surface area contributed by atoms with E-state index in [9.17, 15) is 0 Å². The maximum atomic E-state index is 9.07. The summed E-state index contributed by atoms with van der Waals surface area (Å²) in [5.74, 6) is 1.36. The molecule has 0 aromatic rings. The van der Waals surface area contributed by atoms with Crippen molar-refractivity contribution in [3.05, 3.63) is 0 Å². The average molecular weight is 142 g/mol. The lowest BCUT2D eigenvalue weighted by atomic mass is 9.78. The fourth-order valence-electron chi connectivity index (χ4n) is 1.63. The Morgan fingerprint density at radius 3 is 2.00 bits per heavy atom. The van der Waals surface area contributed by atoms with Crippen LogP contribution >= 0.6 is 0 Å². The van der Waals surface area contributed by atoms with Crippen LogP contribution in [0.25, 0.3) is 0 Å². The van der Waals surface area contributed by atoms with Gasteiger partial charge in [-0.15, -0.1) is 0 Å². The zero-order chi connectivity index (χ0) is 7.78. The fraction of sp³-hybridized carbons (Fsp3) is 1.00. The Morgan fingerprint density at radius 2 is 1.90 bits per heavy atom. The molecule has 1 nitrogen and oxygen atoms in total. The van der Waals surface area contributed by atoms with Crippen molar-refractivity contribution in [2.24, 2.45) is 17.3 Å². The van der Waals surface area contributed by atoms with Crippen LogP contribution in [0.1, 0.15) is 33.6 Å². The minimum atomic E-state index is 0.302. The molecule has 1 rings (SSSR count). The van der Waals surface area contributed by atoms with Crippen molar-refractivity contribution in [1.29, 1.82) is 0 Å². The largest absolute Gasteiger partial charge is 0.396 e. The van der Waals surface area contributed by atoms with E-state index in [1.165, 1.54) is 12.8 Å². The molecule has 0 radical (unpaired) electrons.